The average Bonchev–Trinajstić information content (AvgIpc) is 2.62. The van der Waals surface area contributed by atoms with Crippen LogP contribution in [0.25, 0.3) is 11.1 Å². The van der Waals surface area contributed by atoms with E-state index in [9.17, 15) is 0 Å². The summed E-state index contributed by atoms with van der Waals surface area (Å²) in [4.78, 5) is 2.01. The molecule has 0 aliphatic rings. The molecule has 0 bridgehead atoms. The molecule has 0 heterocycles. The summed E-state index contributed by atoms with van der Waals surface area (Å²) < 4.78 is 5.47. The highest BCUT2D eigenvalue weighted by Crippen LogP contribution is 2.37. The van der Waals surface area contributed by atoms with E-state index in [4.69, 9.17) is 26.8 Å². The Hall–Kier alpha value is -2.18. The van der Waals surface area contributed by atoms with Crippen molar-refractivity contribution in [1.29, 1.82) is 0 Å². The first kappa shape index (κ1) is 17.6. The monoisotopic (exact) mass is 373 g/mol. The molecule has 0 saturated heterocycles. The third-order valence-corrected chi connectivity index (χ3v) is 4.84. The molecule has 0 aliphatic heterocycles. The van der Waals surface area contributed by atoms with E-state index in [0.29, 0.717) is 10.7 Å². The third-order valence-electron chi connectivity index (χ3n) is 3.61. The molecule has 0 radical (unpaired) electrons. The molecule has 4 nitrogen and oxygen atoms in total. The molecule has 0 unspecified atom stereocenters. The highest BCUT2D eigenvalue weighted by Gasteiger charge is 2.09. The predicted octanol–water partition coefficient (Wildman–Crippen LogP) is 5.75. The van der Waals surface area contributed by atoms with Gasteiger partial charge >= 0.3 is 0 Å². The summed E-state index contributed by atoms with van der Waals surface area (Å²) in [6, 6.07) is 20.5. The Kier molecular flexibility index (Phi) is 5.50. The maximum atomic E-state index is 9.00. The maximum absolute atomic E-state index is 9.00. The zero-order chi connectivity index (χ0) is 17.8. The minimum atomic E-state index is 0.0963. The van der Waals surface area contributed by atoms with Gasteiger partial charge in [0.05, 0.1) is 12.8 Å². The summed E-state index contributed by atoms with van der Waals surface area (Å²) >= 11 is 7.68. The number of hydrogen-bond donors (Lipinski definition) is 2. The Morgan fingerprint density at radius 3 is 2.28 bits per heavy atom. The van der Waals surface area contributed by atoms with Crippen molar-refractivity contribution in [1.82, 2.24) is 0 Å². The molecule has 25 heavy (non-hydrogen) atoms. The Morgan fingerprint density at radius 2 is 1.64 bits per heavy atom. The van der Waals surface area contributed by atoms with Crippen LogP contribution in [0.1, 0.15) is 0 Å². The first-order valence-corrected chi connectivity index (χ1v) is 8.66. The molecule has 0 spiro atoms. The highest BCUT2D eigenvalue weighted by molar-refractivity contribution is 7.99. The van der Waals surface area contributed by atoms with Crippen molar-refractivity contribution in [3.05, 3.63) is 71.8 Å². The van der Waals surface area contributed by atoms with E-state index in [0.717, 1.165) is 26.7 Å². The van der Waals surface area contributed by atoms with Gasteiger partial charge in [0.25, 0.3) is 0 Å². The second kappa shape index (κ2) is 7.80. The smallest absolute Gasteiger partial charge is 0.126 e. The molecule has 0 aromatic heterocycles. The van der Waals surface area contributed by atoms with Crippen molar-refractivity contribution in [3.8, 4) is 16.9 Å². The summed E-state index contributed by atoms with van der Waals surface area (Å²) in [5.74, 6) is 0.776. The molecule has 3 aromatic carbocycles. The number of nitrogens with zero attached hydrogens (tertiary/aromatic N) is 1. The second-order valence-electron chi connectivity index (χ2n) is 5.26. The fourth-order valence-electron chi connectivity index (χ4n) is 2.42. The molecular weight excluding hydrogens is 358 g/mol. The lowest BCUT2D eigenvalue weighted by Crippen LogP contribution is -2.10. The van der Waals surface area contributed by atoms with Gasteiger partial charge in [-0.25, -0.2) is 0 Å². The van der Waals surface area contributed by atoms with E-state index in [1.165, 1.54) is 0 Å². The number of hydrogen-bond acceptors (Lipinski definition) is 5. The van der Waals surface area contributed by atoms with Crippen LogP contribution >= 0.6 is 23.4 Å². The summed E-state index contributed by atoms with van der Waals surface area (Å²) in [6.45, 7) is 0. The van der Waals surface area contributed by atoms with Crippen molar-refractivity contribution in [2.75, 3.05) is 12.3 Å². The largest absolute Gasteiger partial charge is 0.496 e. The Bertz CT molecular complexity index is 869. The topological polar surface area (TPSA) is 52.9 Å². The maximum Gasteiger partial charge on any atom is 0.126 e. The number of anilines is 1. The fourth-order valence-corrected chi connectivity index (χ4v) is 3.46. The van der Waals surface area contributed by atoms with Crippen molar-refractivity contribution in [3.63, 3.8) is 0 Å². The van der Waals surface area contributed by atoms with Crippen molar-refractivity contribution in [2.45, 2.75) is 9.79 Å². The van der Waals surface area contributed by atoms with E-state index in [2.05, 4.69) is 0 Å². The normalized spacial score (nSPS) is 10.6. The van der Waals surface area contributed by atoms with Gasteiger partial charge in [0.2, 0.25) is 0 Å². The van der Waals surface area contributed by atoms with Crippen LogP contribution in [0.3, 0.4) is 0 Å². The molecule has 0 amide bonds. The minimum Gasteiger partial charge on any atom is -0.496 e. The number of benzene rings is 3. The van der Waals surface area contributed by atoms with Gasteiger partial charge in [-0.15, -0.1) is 5.23 Å². The van der Waals surface area contributed by atoms with Crippen LogP contribution in [-0.4, -0.2) is 17.5 Å². The molecular formula is C19H16ClNO3S. The quantitative estimate of drug-likeness (QED) is 0.557. The van der Waals surface area contributed by atoms with E-state index in [1.54, 1.807) is 31.0 Å². The molecule has 128 valence electrons. The van der Waals surface area contributed by atoms with E-state index in [-0.39, 0.29) is 5.23 Å². The van der Waals surface area contributed by atoms with Crippen molar-refractivity contribution >= 4 is 29.1 Å². The van der Waals surface area contributed by atoms with Gasteiger partial charge in [-0.1, -0.05) is 35.5 Å². The van der Waals surface area contributed by atoms with Crippen LogP contribution in [-0.2, 0) is 0 Å². The predicted molar refractivity (Wildman–Crippen MR) is 100 cm³/mol. The van der Waals surface area contributed by atoms with Crippen molar-refractivity contribution < 1.29 is 15.2 Å². The number of rotatable bonds is 5. The van der Waals surface area contributed by atoms with E-state index in [1.807, 2.05) is 54.6 Å². The standard InChI is InChI=1S/C19H16ClNO3S/c1-24-19-10-9-17(12-18(19)13-3-2-4-14(20)11-13)25-16-7-5-15(6-8-16)21(22)23/h2-12,22-23H,1H3. The molecule has 3 rings (SSSR count). The lowest BCUT2D eigenvalue weighted by molar-refractivity contribution is 0.0291. The second-order valence-corrected chi connectivity index (χ2v) is 6.84. The first-order chi connectivity index (χ1) is 12.1. The molecule has 2 N–H and O–H groups in total. The SMILES string of the molecule is COc1ccc(Sc2ccc(N(O)O)cc2)cc1-c1cccc(Cl)c1. The van der Waals surface area contributed by atoms with Crippen LogP contribution in [0.15, 0.2) is 76.5 Å². The molecule has 0 fully saturated rings. The summed E-state index contributed by atoms with van der Waals surface area (Å²) in [5, 5.41) is 18.8. The van der Waals surface area contributed by atoms with Gasteiger partial charge in [0.15, 0.2) is 0 Å². The van der Waals surface area contributed by atoms with E-state index < -0.39 is 0 Å². The fraction of sp³-hybridized carbons (Fsp3) is 0.0526. The van der Waals surface area contributed by atoms with Crippen LogP contribution in [0.2, 0.25) is 5.02 Å². The molecule has 3 aromatic rings. The van der Waals surface area contributed by atoms with Gasteiger partial charge < -0.3 is 4.74 Å². The van der Waals surface area contributed by atoms with Gasteiger partial charge in [-0.3, -0.25) is 10.4 Å². The zero-order valence-electron chi connectivity index (χ0n) is 13.4. The molecule has 0 aliphatic carbocycles. The van der Waals surface area contributed by atoms with Gasteiger partial charge in [0.1, 0.15) is 5.75 Å². The lowest BCUT2D eigenvalue weighted by atomic mass is 10.0. The van der Waals surface area contributed by atoms with E-state index >= 15 is 0 Å². The van der Waals surface area contributed by atoms with Gasteiger partial charge in [0, 0.05) is 20.4 Å². The van der Waals surface area contributed by atoms with Gasteiger partial charge in [-0.05, 0) is 60.2 Å². The average molecular weight is 374 g/mol. The summed E-state index contributed by atoms with van der Waals surface area (Å²) in [7, 11) is 1.64. The lowest BCUT2D eigenvalue weighted by Gasteiger charge is -2.12. The van der Waals surface area contributed by atoms with Crippen LogP contribution in [0.4, 0.5) is 5.69 Å². The molecule has 6 heteroatoms. The number of methoxy groups -OCH3 is 1. The Balaban J connectivity index is 1.91. The van der Waals surface area contributed by atoms with Gasteiger partial charge in [-0.2, -0.15) is 0 Å². The minimum absolute atomic E-state index is 0.0963. The van der Waals surface area contributed by atoms with Crippen molar-refractivity contribution in [2.24, 2.45) is 0 Å². The van der Waals surface area contributed by atoms with Crippen LogP contribution in [0, 0.1) is 0 Å². The highest BCUT2D eigenvalue weighted by atomic mass is 35.5. The summed E-state index contributed by atoms with van der Waals surface area (Å²) in [6.07, 6.45) is 0. The summed E-state index contributed by atoms with van der Waals surface area (Å²) in [5.41, 5.74) is 2.25. The van der Waals surface area contributed by atoms with Crippen LogP contribution in [0.5, 0.6) is 5.75 Å². The zero-order valence-corrected chi connectivity index (χ0v) is 15.0. The van der Waals surface area contributed by atoms with Crippen LogP contribution < -0.4 is 9.96 Å². The number of ether oxygens (including phenoxy) is 1. The number of halogens is 1. The first-order valence-electron chi connectivity index (χ1n) is 7.46. The Morgan fingerprint density at radius 1 is 0.920 bits per heavy atom. The third kappa shape index (κ3) is 4.27. The molecule has 0 saturated carbocycles. The Labute approximate surface area is 155 Å². The molecule has 0 atom stereocenters.